The highest BCUT2D eigenvalue weighted by Crippen LogP contribution is 2.42. The van der Waals surface area contributed by atoms with Gasteiger partial charge < -0.3 is 14.6 Å². The molecule has 0 amide bonds. The first-order valence-electron chi connectivity index (χ1n) is 7.11. The van der Waals surface area contributed by atoms with Gasteiger partial charge in [-0.05, 0) is 42.3 Å². The summed E-state index contributed by atoms with van der Waals surface area (Å²) in [6.45, 7) is 1.54. The zero-order chi connectivity index (χ0) is 18.7. The van der Waals surface area contributed by atoms with E-state index in [1.54, 1.807) is 6.92 Å². The van der Waals surface area contributed by atoms with Crippen LogP contribution in [-0.4, -0.2) is 25.3 Å². The molecule has 0 spiro atoms. The molecule has 7 heteroatoms. The van der Waals surface area contributed by atoms with E-state index in [1.165, 1.54) is 26.4 Å². The summed E-state index contributed by atoms with van der Waals surface area (Å²) in [7, 11) is 2.67. The monoisotopic (exact) mass is 352 g/mol. The number of ether oxygens (including phenoxy) is 2. The summed E-state index contributed by atoms with van der Waals surface area (Å²) in [4.78, 5) is 10.9. The number of rotatable bonds is 5. The van der Waals surface area contributed by atoms with Crippen LogP contribution in [0.5, 0.6) is 11.5 Å². The van der Waals surface area contributed by atoms with Crippen LogP contribution in [0.3, 0.4) is 0 Å². The maximum atomic E-state index is 14.2. The molecule has 1 N–H and O–H groups in total. The minimum Gasteiger partial charge on any atom is -0.493 e. The number of hydrogen-bond donors (Lipinski definition) is 1. The molecular weight excluding hydrogens is 337 g/mol. The zero-order valence-corrected chi connectivity index (χ0v) is 13.7. The second kappa shape index (κ2) is 7.29. The van der Waals surface area contributed by atoms with Crippen molar-refractivity contribution in [3.63, 3.8) is 0 Å². The first-order chi connectivity index (χ1) is 11.8. The average Bonchev–Trinajstić information content (AvgIpc) is 2.58. The topological polar surface area (TPSA) is 55.8 Å². The highest BCUT2D eigenvalue weighted by atomic mass is 19.2. The van der Waals surface area contributed by atoms with Gasteiger partial charge >= 0.3 is 5.97 Å². The van der Waals surface area contributed by atoms with Crippen LogP contribution in [0, 0.1) is 17.5 Å². The number of carboxylic acid groups (broad SMARTS) is 1. The number of hydrogen-bond acceptors (Lipinski definition) is 3. The largest absolute Gasteiger partial charge is 0.493 e. The van der Waals surface area contributed by atoms with E-state index < -0.39 is 23.4 Å². The van der Waals surface area contributed by atoms with Crippen LogP contribution < -0.4 is 9.47 Å². The molecule has 2 aromatic carbocycles. The van der Waals surface area contributed by atoms with Crippen molar-refractivity contribution in [2.24, 2.45) is 0 Å². The fourth-order valence-corrected chi connectivity index (χ4v) is 2.39. The molecule has 0 bridgehead atoms. The van der Waals surface area contributed by atoms with Gasteiger partial charge in [0.2, 0.25) is 0 Å². The number of benzene rings is 2. The zero-order valence-electron chi connectivity index (χ0n) is 13.7. The second-order valence-electron chi connectivity index (χ2n) is 5.15. The Balaban J connectivity index is 2.80. The SMILES string of the molecule is COc1cc(/C(C)=C/C(=O)O)cc(-c2ccc(F)c(F)c2F)c1OC. The normalized spacial score (nSPS) is 11.4. The maximum Gasteiger partial charge on any atom is 0.328 e. The minimum atomic E-state index is -1.61. The Morgan fingerprint density at radius 2 is 1.72 bits per heavy atom. The summed E-state index contributed by atoms with van der Waals surface area (Å²) in [6.07, 6.45) is 0.965. The van der Waals surface area contributed by atoms with E-state index in [4.69, 9.17) is 14.6 Å². The van der Waals surface area contributed by atoms with Gasteiger partial charge in [0, 0.05) is 17.2 Å². The van der Waals surface area contributed by atoms with Gasteiger partial charge in [-0.3, -0.25) is 0 Å². The Hall–Kier alpha value is -2.96. The summed E-state index contributed by atoms with van der Waals surface area (Å²) in [5, 5.41) is 8.89. The molecule has 0 aliphatic heterocycles. The molecular formula is C18H15F3O4. The van der Waals surface area contributed by atoms with Crippen molar-refractivity contribution in [3.05, 3.63) is 53.4 Å². The Morgan fingerprint density at radius 3 is 2.28 bits per heavy atom. The molecule has 0 unspecified atom stereocenters. The van der Waals surface area contributed by atoms with Gasteiger partial charge in [-0.1, -0.05) is 0 Å². The van der Waals surface area contributed by atoms with Gasteiger partial charge in [-0.15, -0.1) is 0 Å². The predicted molar refractivity (Wildman–Crippen MR) is 86.1 cm³/mol. The summed E-state index contributed by atoms with van der Waals surface area (Å²) in [5.41, 5.74) is 0.627. The van der Waals surface area contributed by atoms with Crippen molar-refractivity contribution in [1.82, 2.24) is 0 Å². The summed E-state index contributed by atoms with van der Waals surface area (Å²) in [6, 6.07) is 4.80. The van der Waals surface area contributed by atoms with Crippen molar-refractivity contribution in [3.8, 4) is 22.6 Å². The molecule has 25 heavy (non-hydrogen) atoms. The molecule has 2 rings (SSSR count). The summed E-state index contributed by atoms with van der Waals surface area (Å²) < 4.78 is 51.5. The van der Waals surface area contributed by atoms with Crippen LogP contribution in [0.1, 0.15) is 12.5 Å². The van der Waals surface area contributed by atoms with Gasteiger partial charge in [-0.2, -0.15) is 0 Å². The molecule has 132 valence electrons. The summed E-state index contributed by atoms with van der Waals surface area (Å²) in [5.74, 6) is -5.16. The third kappa shape index (κ3) is 3.60. The van der Waals surface area contributed by atoms with E-state index in [0.29, 0.717) is 11.1 Å². The lowest BCUT2D eigenvalue weighted by atomic mass is 9.97. The van der Waals surface area contributed by atoms with Crippen molar-refractivity contribution in [1.29, 1.82) is 0 Å². The van der Waals surface area contributed by atoms with E-state index in [0.717, 1.165) is 18.2 Å². The lowest BCUT2D eigenvalue weighted by Gasteiger charge is -2.16. The number of allylic oxidation sites excluding steroid dienone is 1. The first kappa shape index (κ1) is 18.4. The molecule has 0 radical (unpaired) electrons. The quantitative estimate of drug-likeness (QED) is 0.645. The Kier molecular flexibility index (Phi) is 5.36. The Morgan fingerprint density at radius 1 is 1.04 bits per heavy atom. The molecule has 0 aliphatic rings. The predicted octanol–water partition coefficient (Wildman–Crippen LogP) is 4.28. The lowest BCUT2D eigenvalue weighted by Crippen LogP contribution is -2.00. The minimum absolute atomic E-state index is 0.103. The fourth-order valence-electron chi connectivity index (χ4n) is 2.39. The van der Waals surface area contributed by atoms with E-state index in [-0.39, 0.29) is 22.6 Å². The fraction of sp³-hybridized carbons (Fsp3) is 0.167. The number of methoxy groups -OCH3 is 2. The third-order valence-corrected chi connectivity index (χ3v) is 3.60. The number of carboxylic acids is 1. The molecule has 4 nitrogen and oxygen atoms in total. The van der Waals surface area contributed by atoms with Crippen molar-refractivity contribution in [2.45, 2.75) is 6.92 Å². The molecule has 0 aromatic heterocycles. The van der Waals surface area contributed by atoms with Gasteiger partial charge in [-0.25, -0.2) is 18.0 Å². The highest BCUT2D eigenvalue weighted by molar-refractivity contribution is 5.91. The van der Waals surface area contributed by atoms with Crippen LogP contribution in [0.15, 0.2) is 30.3 Å². The average molecular weight is 352 g/mol. The highest BCUT2D eigenvalue weighted by Gasteiger charge is 2.21. The van der Waals surface area contributed by atoms with Crippen LogP contribution in [0.25, 0.3) is 16.7 Å². The summed E-state index contributed by atoms with van der Waals surface area (Å²) >= 11 is 0. The van der Waals surface area contributed by atoms with E-state index in [9.17, 15) is 18.0 Å². The van der Waals surface area contributed by atoms with Crippen LogP contribution in [0.4, 0.5) is 13.2 Å². The van der Waals surface area contributed by atoms with Gasteiger partial charge in [0.05, 0.1) is 14.2 Å². The van der Waals surface area contributed by atoms with Gasteiger partial charge in [0.15, 0.2) is 29.0 Å². The molecule has 0 heterocycles. The standard InChI is InChI=1S/C18H15F3O4/c1-9(6-15(22)23)10-7-12(18(25-3)14(8-10)24-2)11-4-5-13(19)17(21)16(11)20/h4-8H,1-3H3,(H,22,23)/b9-6+. The van der Waals surface area contributed by atoms with Crippen molar-refractivity contribution in [2.75, 3.05) is 14.2 Å². The Bertz CT molecular complexity index is 860. The molecule has 0 atom stereocenters. The first-order valence-corrected chi connectivity index (χ1v) is 7.11. The smallest absolute Gasteiger partial charge is 0.328 e. The van der Waals surface area contributed by atoms with Crippen LogP contribution in [0.2, 0.25) is 0 Å². The molecule has 0 fully saturated rings. The number of carbonyl (C=O) groups is 1. The lowest BCUT2D eigenvalue weighted by molar-refractivity contribution is -0.131. The number of aliphatic carboxylic acids is 1. The van der Waals surface area contributed by atoms with E-state index >= 15 is 0 Å². The molecule has 0 saturated carbocycles. The Labute approximate surface area is 142 Å². The van der Waals surface area contributed by atoms with E-state index in [2.05, 4.69) is 0 Å². The van der Waals surface area contributed by atoms with Gasteiger partial charge in [0.25, 0.3) is 0 Å². The van der Waals surface area contributed by atoms with Crippen LogP contribution in [-0.2, 0) is 4.79 Å². The molecule has 0 aliphatic carbocycles. The van der Waals surface area contributed by atoms with Crippen molar-refractivity contribution >= 4 is 11.5 Å². The third-order valence-electron chi connectivity index (χ3n) is 3.60. The molecule has 0 saturated heterocycles. The van der Waals surface area contributed by atoms with Gasteiger partial charge in [0.1, 0.15) is 0 Å². The van der Waals surface area contributed by atoms with Crippen molar-refractivity contribution < 1.29 is 32.5 Å². The number of halogens is 3. The van der Waals surface area contributed by atoms with E-state index in [1.807, 2.05) is 0 Å². The van der Waals surface area contributed by atoms with Crippen LogP contribution >= 0.6 is 0 Å². The molecule has 2 aromatic rings. The second-order valence-corrected chi connectivity index (χ2v) is 5.15. The maximum absolute atomic E-state index is 14.2.